The molecule has 0 aliphatic rings. The zero-order valence-electron chi connectivity index (χ0n) is 8.68. The van der Waals surface area contributed by atoms with Crippen LogP contribution in [-0.4, -0.2) is 21.3 Å². The largest absolute Gasteiger partial charge is 0.478 e. The Labute approximate surface area is 99.7 Å². The van der Waals surface area contributed by atoms with Crippen molar-refractivity contribution in [3.8, 4) is 0 Å². The Balaban J connectivity index is 2.35. The van der Waals surface area contributed by atoms with Crippen LogP contribution >= 0.6 is 11.8 Å². The number of halogens is 1. The minimum atomic E-state index is -1.21. The normalized spacial score (nSPS) is 10.5. The number of carboxylic acid groups (broad SMARTS) is 1. The van der Waals surface area contributed by atoms with Gasteiger partial charge < -0.3 is 9.52 Å². The van der Waals surface area contributed by atoms with Crippen LogP contribution in [0.2, 0.25) is 0 Å². The molecule has 0 aliphatic heterocycles. The SMILES string of the molecule is Cc1nnc(Sc2ccc(F)cc2C(=O)O)o1. The lowest BCUT2D eigenvalue weighted by Gasteiger charge is -2.02. The van der Waals surface area contributed by atoms with Crippen molar-refractivity contribution in [3.63, 3.8) is 0 Å². The summed E-state index contributed by atoms with van der Waals surface area (Å²) in [5, 5.41) is 16.5. The third-order valence-electron chi connectivity index (χ3n) is 1.88. The van der Waals surface area contributed by atoms with Gasteiger partial charge in [0.25, 0.3) is 5.22 Å². The molecular formula is C10H7FN2O3S. The minimum Gasteiger partial charge on any atom is -0.478 e. The van der Waals surface area contributed by atoms with Crippen LogP contribution in [0.4, 0.5) is 4.39 Å². The van der Waals surface area contributed by atoms with Gasteiger partial charge in [0.15, 0.2) is 0 Å². The third-order valence-corrected chi connectivity index (χ3v) is 2.79. The summed E-state index contributed by atoms with van der Waals surface area (Å²) in [6.45, 7) is 1.62. The topological polar surface area (TPSA) is 76.2 Å². The molecule has 0 spiro atoms. The van der Waals surface area contributed by atoms with E-state index in [-0.39, 0.29) is 10.8 Å². The van der Waals surface area contributed by atoms with Crippen molar-refractivity contribution in [2.24, 2.45) is 0 Å². The highest BCUT2D eigenvalue weighted by molar-refractivity contribution is 7.99. The van der Waals surface area contributed by atoms with Gasteiger partial charge in [0.1, 0.15) is 5.82 Å². The van der Waals surface area contributed by atoms with Crippen molar-refractivity contribution in [3.05, 3.63) is 35.5 Å². The van der Waals surface area contributed by atoms with E-state index in [1.165, 1.54) is 12.1 Å². The molecule has 17 heavy (non-hydrogen) atoms. The first-order valence-electron chi connectivity index (χ1n) is 4.57. The first-order valence-corrected chi connectivity index (χ1v) is 5.38. The van der Waals surface area contributed by atoms with Crippen molar-refractivity contribution in [2.75, 3.05) is 0 Å². The van der Waals surface area contributed by atoms with Gasteiger partial charge in [0.05, 0.1) is 5.56 Å². The maximum Gasteiger partial charge on any atom is 0.336 e. The quantitative estimate of drug-likeness (QED) is 0.906. The van der Waals surface area contributed by atoms with Crippen LogP contribution < -0.4 is 0 Å². The molecule has 0 amide bonds. The molecule has 2 rings (SSSR count). The molecule has 0 atom stereocenters. The summed E-state index contributed by atoms with van der Waals surface area (Å²) in [5.74, 6) is -1.43. The van der Waals surface area contributed by atoms with Crippen LogP contribution in [0.1, 0.15) is 16.2 Å². The van der Waals surface area contributed by atoms with Gasteiger partial charge in [-0.05, 0) is 30.0 Å². The van der Waals surface area contributed by atoms with Crippen LogP contribution in [0.3, 0.4) is 0 Å². The lowest BCUT2D eigenvalue weighted by molar-refractivity contribution is 0.0692. The molecule has 2 aromatic rings. The smallest absolute Gasteiger partial charge is 0.336 e. The second-order valence-corrected chi connectivity index (χ2v) is 4.13. The van der Waals surface area contributed by atoms with E-state index in [0.29, 0.717) is 10.8 Å². The molecular weight excluding hydrogens is 247 g/mol. The molecule has 0 aliphatic carbocycles. The lowest BCUT2D eigenvalue weighted by atomic mass is 10.2. The molecule has 5 nitrogen and oxygen atoms in total. The summed E-state index contributed by atoms with van der Waals surface area (Å²) in [6.07, 6.45) is 0. The van der Waals surface area contributed by atoms with Gasteiger partial charge in [0.2, 0.25) is 5.89 Å². The van der Waals surface area contributed by atoms with Crippen LogP contribution in [-0.2, 0) is 0 Å². The summed E-state index contributed by atoms with van der Waals surface area (Å²) >= 11 is 0.984. The van der Waals surface area contributed by atoms with E-state index >= 15 is 0 Å². The number of carbonyl (C=O) groups is 1. The molecule has 1 aromatic carbocycles. The first kappa shape index (κ1) is 11.6. The maximum absolute atomic E-state index is 12.9. The minimum absolute atomic E-state index is 0.133. The Bertz CT molecular complexity index is 570. The molecule has 1 N–H and O–H groups in total. The van der Waals surface area contributed by atoms with E-state index < -0.39 is 11.8 Å². The predicted octanol–water partition coefficient (Wildman–Crippen LogP) is 2.37. The van der Waals surface area contributed by atoms with Crippen molar-refractivity contribution >= 4 is 17.7 Å². The Morgan fingerprint density at radius 1 is 1.47 bits per heavy atom. The van der Waals surface area contributed by atoms with E-state index in [1.54, 1.807) is 6.92 Å². The molecule has 0 unspecified atom stereocenters. The average Bonchev–Trinajstić information content (AvgIpc) is 2.66. The Hall–Kier alpha value is -1.89. The zero-order valence-corrected chi connectivity index (χ0v) is 9.49. The Morgan fingerprint density at radius 2 is 2.24 bits per heavy atom. The maximum atomic E-state index is 12.9. The summed E-state index contributed by atoms with van der Waals surface area (Å²) in [4.78, 5) is 11.3. The van der Waals surface area contributed by atoms with Crippen molar-refractivity contribution < 1.29 is 18.7 Å². The first-order chi connectivity index (χ1) is 8.06. The molecule has 0 saturated heterocycles. The standard InChI is InChI=1S/C10H7FN2O3S/c1-5-12-13-10(16-5)17-8-3-2-6(11)4-7(8)9(14)15/h2-4H,1H3,(H,14,15). The summed E-state index contributed by atoms with van der Waals surface area (Å²) in [6, 6.07) is 3.49. The summed E-state index contributed by atoms with van der Waals surface area (Å²) in [7, 11) is 0. The number of hydrogen-bond donors (Lipinski definition) is 1. The fourth-order valence-electron chi connectivity index (χ4n) is 1.17. The fraction of sp³-hybridized carbons (Fsp3) is 0.100. The Morgan fingerprint density at radius 3 is 2.82 bits per heavy atom. The average molecular weight is 254 g/mol. The highest BCUT2D eigenvalue weighted by atomic mass is 32.2. The number of rotatable bonds is 3. The van der Waals surface area contributed by atoms with Crippen LogP contribution in [0.5, 0.6) is 0 Å². The number of aromatic nitrogens is 2. The second kappa shape index (κ2) is 4.54. The number of aromatic carboxylic acids is 1. The van der Waals surface area contributed by atoms with E-state index in [1.807, 2.05) is 0 Å². The van der Waals surface area contributed by atoms with Crippen molar-refractivity contribution in [2.45, 2.75) is 17.0 Å². The molecule has 7 heteroatoms. The number of benzene rings is 1. The third kappa shape index (κ3) is 2.62. The van der Waals surface area contributed by atoms with Crippen LogP contribution in [0, 0.1) is 12.7 Å². The van der Waals surface area contributed by atoms with Gasteiger partial charge >= 0.3 is 5.97 Å². The Kier molecular flexibility index (Phi) is 3.10. The van der Waals surface area contributed by atoms with Crippen LogP contribution in [0.15, 0.2) is 32.7 Å². The van der Waals surface area contributed by atoms with Gasteiger partial charge in [-0.15, -0.1) is 10.2 Å². The monoisotopic (exact) mass is 254 g/mol. The summed E-state index contributed by atoms with van der Waals surface area (Å²) < 4.78 is 18.0. The zero-order chi connectivity index (χ0) is 12.4. The molecule has 88 valence electrons. The molecule has 0 saturated carbocycles. The number of hydrogen-bond acceptors (Lipinski definition) is 5. The van der Waals surface area contributed by atoms with E-state index in [4.69, 9.17) is 9.52 Å². The molecule has 1 heterocycles. The van der Waals surface area contributed by atoms with Gasteiger partial charge in [0, 0.05) is 11.8 Å². The lowest BCUT2D eigenvalue weighted by Crippen LogP contribution is -1.99. The summed E-state index contributed by atoms with van der Waals surface area (Å²) in [5.41, 5.74) is -0.133. The number of nitrogens with zero attached hydrogens (tertiary/aromatic N) is 2. The predicted molar refractivity (Wildman–Crippen MR) is 56.5 cm³/mol. The van der Waals surface area contributed by atoms with Crippen molar-refractivity contribution in [1.82, 2.24) is 10.2 Å². The number of carboxylic acids is 1. The second-order valence-electron chi connectivity index (χ2n) is 3.13. The van der Waals surface area contributed by atoms with Crippen molar-refractivity contribution in [1.29, 1.82) is 0 Å². The van der Waals surface area contributed by atoms with Gasteiger partial charge in [-0.1, -0.05) is 0 Å². The van der Waals surface area contributed by atoms with Gasteiger partial charge in [-0.2, -0.15) is 0 Å². The van der Waals surface area contributed by atoms with Gasteiger partial charge in [-0.3, -0.25) is 0 Å². The highest BCUT2D eigenvalue weighted by Crippen LogP contribution is 2.29. The fourth-order valence-corrected chi connectivity index (χ4v) is 2.00. The molecule has 0 fully saturated rings. The molecule has 0 radical (unpaired) electrons. The van der Waals surface area contributed by atoms with E-state index in [9.17, 15) is 9.18 Å². The molecule has 0 bridgehead atoms. The van der Waals surface area contributed by atoms with Gasteiger partial charge in [-0.25, -0.2) is 9.18 Å². The number of aryl methyl sites for hydroxylation is 1. The van der Waals surface area contributed by atoms with E-state index in [2.05, 4.69) is 10.2 Å². The van der Waals surface area contributed by atoms with Crippen LogP contribution in [0.25, 0.3) is 0 Å². The highest BCUT2D eigenvalue weighted by Gasteiger charge is 2.15. The molecule has 1 aromatic heterocycles. The van der Waals surface area contributed by atoms with E-state index in [0.717, 1.165) is 17.8 Å².